The molecule has 0 spiro atoms. The fourth-order valence-corrected chi connectivity index (χ4v) is 1.60. The maximum absolute atomic E-state index is 11.0. The van der Waals surface area contributed by atoms with E-state index >= 15 is 0 Å². The molecule has 0 radical (unpaired) electrons. The van der Waals surface area contributed by atoms with Crippen LogP contribution in [0.1, 0.15) is 5.56 Å². The molecular formula is C11H10ClN5O3. The van der Waals surface area contributed by atoms with E-state index < -0.39 is 10.6 Å². The van der Waals surface area contributed by atoms with Gasteiger partial charge in [0.2, 0.25) is 5.82 Å². The highest BCUT2D eigenvalue weighted by molar-refractivity contribution is 6.30. The number of benzene rings is 1. The summed E-state index contributed by atoms with van der Waals surface area (Å²) in [5.41, 5.74) is 2.52. The zero-order valence-corrected chi connectivity index (χ0v) is 10.9. The lowest BCUT2D eigenvalue weighted by Gasteiger charge is -2.07. The number of hydrogen-bond donors (Lipinski definition) is 2. The molecular weight excluding hydrogens is 286 g/mol. The molecule has 0 aliphatic carbocycles. The lowest BCUT2D eigenvalue weighted by atomic mass is 10.2. The van der Waals surface area contributed by atoms with Gasteiger partial charge in [-0.2, -0.15) is 4.98 Å². The predicted octanol–water partition coefficient (Wildman–Crippen LogP) is 1.90. The van der Waals surface area contributed by atoms with E-state index in [1.54, 1.807) is 24.3 Å². The van der Waals surface area contributed by atoms with Gasteiger partial charge in [-0.3, -0.25) is 10.1 Å². The van der Waals surface area contributed by atoms with Crippen molar-refractivity contribution in [1.29, 1.82) is 0 Å². The molecule has 0 saturated carbocycles. The molecule has 1 heterocycles. The van der Waals surface area contributed by atoms with Gasteiger partial charge in [-0.15, -0.1) is 0 Å². The van der Waals surface area contributed by atoms with E-state index in [0.29, 0.717) is 5.02 Å². The highest BCUT2D eigenvalue weighted by Gasteiger charge is 2.23. The Hall–Kier alpha value is -2.45. The first kappa shape index (κ1) is 14.0. The summed E-state index contributed by atoms with van der Waals surface area (Å²) in [6, 6.07) is 6.89. The van der Waals surface area contributed by atoms with Crippen LogP contribution >= 0.6 is 11.6 Å². The summed E-state index contributed by atoms with van der Waals surface area (Å²) in [7, 11) is 0. The van der Waals surface area contributed by atoms with E-state index in [-0.39, 0.29) is 18.3 Å². The van der Waals surface area contributed by atoms with Crippen molar-refractivity contribution in [3.8, 4) is 5.88 Å². The third kappa shape index (κ3) is 3.11. The Morgan fingerprint density at radius 1 is 1.35 bits per heavy atom. The van der Waals surface area contributed by atoms with Crippen molar-refractivity contribution < 1.29 is 9.66 Å². The van der Waals surface area contributed by atoms with Gasteiger partial charge >= 0.3 is 5.69 Å². The number of hydrazine groups is 1. The molecule has 2 rings (SSSR count). The Kier molecular flexibility index (Phi) is 4.28. The molecule has 0 aliphatic rings. The first-order chi connectivity index (χ1) is 9.61. The molecule has 9 heteroatoms. The molecule has 2 aromatic rings. The summed E-state index contributed by atoms with van der Waals surface area (Å²) in [4.78, 5) is 17.7. The van der Waals surface area contributed by atoms with Crippen molar-refractivity contribution in [2.75, 3.05) is 5.43 Å². The van der Waals surface area contributed by atoms with Crippen molar-refractivity contribution >= 4 is 23.1 Å². The van der Waals surface area contributed by atoms with E-state index in [1.165, 1.54) is 0 Å². The second kappa shape index (κ2) is 6.13. The van der Waals surface area contributed by atoms with E-state index in [2.05, 4.69) is 15.4 Å². The summed E-state index contributed by atoms with van der Waals surface area (Å²) in [6.45, 7) is 0.110. The van der Waals surface area contributed by atoms with Crippen molar-refractivity contribution in [3.63, 3.8) is 0 Å². The Labute approximate surface area is 118 Å². The average Bonchev–Trinajstić information content (AvgIpc) is 2.46. The van der Waals surface area contributed by atoms with Gasteiger partial charge in [-0.25, -0.2) is 10.8 Å². The van der Waals surface area contributed by atoms with Crippen LogP contribution in [0.5, 0.6) is 5.88 Å². The van der Waals surface area contributed by atoms with Gasteiger partial charge in [-0.05, 0) is 17.7 Å². The third-order valence-corrected chi connectivity index (χ3v) is 2.65. The van der Waals surface area contributed by atoms with E-state index in [1.807, 2.05) is 0 Å². The van der Waals surface area contributed by atoms with Gasteiger partial charge in [0, 0.05) is 5.02 Å². The Morgan fingerprint density at radius 2 is 2.05 bits per heavy atom. The van der Waals surface area contributed by atoms with Gasteiger partial charge in [0.15, 0.2) is 0 Å². The second-order valence-corrected chi connectivity index (χ2v) is 4.13. The van der Waals surface area contributed by atoms with Gasteiger partial charge in [0.05, 0.1) is 4.92 Å². The number of rotatable bonds is 5. The van der Waals surface area contributed by atoms with Gasteiger partial charge in [0.25, 0.3) is 5.88 Å². The van der Waals surface area contributed by atoms with Crippen molar-refractivity contribution in [2.24, 2.45) is 5.84 Å². The normalized spacial score (nSPS) is 10.1. The summed E-state index contributed by atoms with van der Waals surface area (Å²) in [5, 5.41) is 11.6. The fourth-order valence-electron chi connectivity index (χ4n) is 1.47. The molecule has 104 valence electrons. The molecule has 0 saturated heterocycles. The Balaban J connectivity index is 2.21. The highest BCUT2D eigenvalue weighted by Crippen LogP contribution is 2.30. The highest BCUT2D eigenvalue weighted by atomic mass is 35.5. The first-order valence-corrected chi connectivity index (χ1v) is 5.83. The molecule has 0 fully saturated rings. The number of nitro groups is 1. The number of aromatic nitrogens is 2. The largest absolute Gasteiger partial charge is 0.468 e. The number of anilines is 1. The van der Waals surface area contributed by atoms with Gasteiger partial charge < -0.3 is 10.2 Å². The number of nitrogen functional groups attached to an aromatic ring is 1. The second-order valence-electron chi connectivity index (χ2n) is 3.69. The molecule has 1 aromatic carbocycles. The molecule has 0 unspecified atom stereocenters. The monoisotopic (exact) mass is 295 g/mol. The number of hydrogen-bond acceptors (Lipinski definition) is 7. The summed E-state index contributed by atoms with van der Waals surface area (Å²) in [5.74, 6) is 4.89. The number of halogens is 1. The lowest BCUT2D eigenvalue weighted by Crippen LogP contribution is -2.12. The fraction of sp³-hybridized carbons (Fsp3) is 0.0909. The van der Waals surface area contributed by atoms with Crippen LogP contribution in [0.2, 0.25) is 5.02 Å². The SMILES string of the molecule is NNc1ncnc(OCc2ccc(Cl)cc2)c1[N+](=O)[O-]. The number of nitrogens with one attached hydrogen (secondary N) is 1. The average molecular weight is 296 g/mol. The quantitative estimate of drug-likeness (QED) is 0.491. The molecule has 20 heavy (non-hydrogen) atoms. The molecule has 3 N–H and O–H groups in total. The van der Waals surface area contributed by atoms with E-state index in [0.717, 1.165) is 11.9 Å². The van der Waals surface area contributed by atoms with Crippen LogP contribution in [0.15, 0.2) is 30.6 Å². The first-order valence-electron chi connectivity index (χ1n) is 5.45. The maximum atomic E-state index is 11.0. The molecule has 8 nitrogen and oxygen atoms in total. The van der Waals surface area contributed by atoms with Crippen molar-refractivity contribution in [2.45, 2.75) is 6.61 Å². The zero-order chi connectivity index (χ0) is 14.5. The van der Waals surface area contributed by atoms with Crippen LogP contribution in [0.3, 0.4) is 0 Å². The molecule has 0 aliphatic heterocycles. The number of ether oxygens (including phenoxy) is 1. The molecule has 1 aromatic heterocycles. The standard InChI is InChI=1S/C11H10ClN5O3/c12-8-3-1-7(2-4-8)5-20-11-9(17(18)19)10(16-13)14-6-15-11/h1-4,6H,5,13H2,(H,14,15,16). The number of nitrogens with two attached hydrogens (primary N) is 1. The van der Waals surface area contributed by atoms with Crippen LogP contribution in [-0.4, -0.2) is 14.9 Å². The van der Waals surface area contributed by atoms with Gasteiger partial charge in [-0.1, -0.05) is 23.7 Å². The zero-order valence-electron chi connectivity index (χ0n) is 10.1. The summed E-state index contributed by atoms with van der Waals surface area (Å²) < 4.78 is 5.34. The van der Waals surface area contributed by atoms with Crippen molar-refractivity contribution in [3.05, 3.63) is 51.3 Å². The molecule has 0 atom stereocenters. The maximum Gasteiger partial charge on any atom is 0.374 e. The minimum absolute atomic E-state index is 0.110. The van der Waals surface area contributed by atoms with Crippen molar-refractivity contribution in [1.82, 2.24) is 9.97 Å². The van der Waals surface area contributed by atoms with Crippen LogP contribution < -0.4 is 16.0 Å². The predicted molar refractivity (Wildman–Crippen MR) is 72.3 cm³/mol. The van der Waals surface area contributed by atoms with Crippen LogP contribution in [0.25, 0.3) is 0 Å². The van der Waals surface area contributed by atoms with Crippen LogP contribution in [0, 0.1) is 10.1 Å². The summed E-state index contributed by atoms with van der Waals surface area (Å²) >= 11 is 5.76. The lowest BCUT2D eigenvalue weighted by molar-refractivity contribution is -0.385. The topological polar surface area (TPSA) is 116 Å². The minimum Gasteiger partial charge on any atom is -0.468 e. The third-order valence-electron chi connectivity index (χ3n) is 2.40. The summed E-state index contributed by atoms with van der Waals surface area (Å²) in [6.07, 6.45) is 1.12. The van der Waals surface area contributed by atoms with Gasteiger partial charge in [0.1, 0.15) is 12.9 Å². The number of nitrogens with zero attached hydrogens (tertiary/aromatic N) is 3. The molecule has 0 amide bonds. The smallest absolute Gasteiger partial charge is 0.374 e. The Morgan fingerprint density at radius 3 is 2.65 bits per heavy atom. The molecule has 0 bridgehead atoms. The van der Waals surface area contributed by atoms with Crippen LogP contribution in [-0.2, 0) is 6.61 Å². The van der Waals surface area contributed by atoms with Crippen LogP contribution in [0.4, 0.5) is 11.5 Å². The van der Waals surface area contributed by atoms with E-state index in [9.17, 15) is 10.1 Å². The Bertz CT molecular complexity index is 620. The minimum atomic E-state index is -0.660. The van der Waals surface area contributed by atoms with E-state index in [4.69, 9.17) is 22.2 Å².